The van der Waals surface area contributed by atoms with Crippen LogP contribution >= 0.6 is 0 Å². The molecule has 140 valence electrons. The number of oxazole rings is 1. The largest absolute Gasteiger partial charge is 0.445 e. The molecule has 2 aromatic carbocycles. The number of benzene rings is 2. The van der Waals surface area contributed by atoms with Crippen LogP contribution in [0.5, 0.6) is 0 Å². The maximum absolute atomic E-state index is 12.4. The van der Waals surface area contributed by atoms with Crippen LogP contribution in [0.15, 0.2) is 74.3 Å². The average Bonchev–Trinajstić information content (AvgIpc) is 3.08. The van der Waals surface area contributed by atoms with Gasteiger partial charge in [0.1, 0.15) is 22.6 Å². The minimum Gasteiger partial charge on any atom is -0.445 e. The van der Waals surface area contributed by atoms with Gasteiger partial charge in [-0.2, -0.15) is 0 Å². The normalized spacial score (nSPS) is 10.9. The van der Waals surface area contributed by atoms with Gasteiger partial charge in [-0.3, -0.25) is 4.79 Å². The van der Waals surface area contributed by atoms with E-state index in [0.29, 0.717) is 35.6 Å². The number of hydrogen-bond donors (Lipinski definition) is 1. The molecule has 0 aliphatic heterocycles. The summed E-state index contributed by atoms with van der Waals surface area (Å²) < 4.78 is 10.9. The van der Waals surface area contributed by atoms with Crippen LogP contribution in [0.2, 0.25) is 0 Å². The summed E-state index contributed by atoms with van der Waals surface area (Å²) in [5.41, 5.74) is 1.49. The third-order valence-corrected chi connectivity index (χ3v) is 4.38. The zero-order valence-corrected chi connectivity index (χ0v) is 15.3. The molecule has 0 atom stereocenters. The predicted octanol–water partition coefficient (Wildman–Crippen LogP) is 3.73. The van der Waals surface area contributed by atoms with Gasteiger partial charge >= 0.3 is 5.63 Å². The number of carbonyl (C=O) groups is 1. The second-order valence-corrected chi connectivity index (χ2v) is 6.36. The summed E-state index contributed by atoms with van der Waals surface area (Å²) in [4.78, 5) is 29.0. The first kappa shape index (κ1) is 17.7. The lowest BCUT2D eigenvalue weighted by Gasteiger charge is -2.05. The zero-order valence-electron chi connectivity index (χ0n) is 15.3. The number of aryl methyl sites for hydroxylation is 1. The Morgan fingerprint density at radius 3 is 2.61 bits per heavy atom. The maximum Gasteiger partial charge on any atom is 0.349 e. The van der Waals surface area contributed by atoms with Crippen molar-refractivity contribution in [3.05, 3.63) is 88.3 Å². The maximum atomic E-state index is 12.4. The summed E-state index contributed by atoms with van der Waals surface area (Å²) in [5, 5.41) is 3.45. The van der Waals surface area contributed by atoms with Crippen molar-refractivity contribution in [1.29, 1.82) is 0 Å². The van der Waals surface area contributed by atoms with Crippen LogP contribution in [0.4, 0.5) is 0 Å². The van der Waals surface area contributed by atoms with E-state index in [9.17, 15) is 9.59 Å². The van der Waals surface area contributed by atoms with Gasteiger partial charge in [-0.05, 0) is 12.1 Å². The molecule has 6 heteroatoms. The highest BCUT2D eigenvalue weighted by Crippen LogP contribution is 2.23. The van der Waals surface area contributed by atoms with Crippen LogP contribution in [-0.2, 0) is 6.42 Å². The number of aromatic nitrogens is 1. The second kappa shape index (κ2) is 7.52. The first-order chi connectivity index (χ1) is 13.6. The molecule has 2 heterocycles. The summed E-state index contributed by atoms with van der Waals surface area (Å²) in [6.45, 7) is 2.09. The molecule has 0 unspecified atom stereocenters. The average molecular weight is 374 g/mol. The van der Waals surface area contributed by atoms with Crippen molar-refractivity contribution >= 4 is 16.9 Å². The Morgan fingerprint density at radius 1 is 1.04 bits per heavy atom. The molecule has 0 fully saturated rings. The molecular formula is C22H18N2O4. The first-order valence-electron chi connectivity index (χ1n) is 8.94. The fourth-order valence-electron chi connectivity index (χ4n) is 3.07. The molecule has 4 aromatic rings. The molecule has 0 spiro atoms. The highest BCUT2D eigenvalue weighted by molar-refractivity contribution is 5.96. The molecule has 0 saturated carbocycles. The van der Waals surface area contributed by atoms with Crippen LogP contribution in [-0.4, -0.2) is 17.4 Å². The number of para-hydroxylation sites is 1. The standard InChI is InChI=1S/C22H18N2O4/c1-14-24-20(15-7-3-2-4-8-15)19(27-14)11-12-23-21(25)17-13-16-9-5-6-10-18(16)28-22(17)26/h2-10,13H,11-12H2,1H3,(H,23,25). The molecule has 0 aliphatic rings. The third kappa shape index (κ3) is 3.57. The van der Waals surface area contributed by atoms with E-state index in [1.807, 2.05) is 36.4 Å². The molecule has 0 saturated heterocycles. The number of nitrogens with zero attached hydrogens (tertiary/aromatic N) is 1. The molecule has 28 heavy (non-hydrogen) atoms. The fraction of sp³-hybridized carbons (Fsp3) is 0.136. The van der Waals surface area contributed by atoms with Gasteiger partial charge in [0.15, 0.2) is 5.89 Å². The Morgan fingerprint density at radius 2 is 1.79 bits per heavy atom. The molecule has 2 aromatic heterocycles. The number of fused-ring (bicyclic) bond motifs is 1. The molecule has 0 aliphatic carbocycles. The van der Waals surface area contributed by atoms with E-state index in [1.165, 1.54) is 0 Å². The van der Waals surface area contributed by atoms with Crippen molar-refractivity contribution in [3.8, 4) is 11.3 Å². The Balaban J connectivity index is 1.48. The van der Waals surface area contributed by atoms with E-state index < -0.39 is 11.5 Å². The molecule has 4 rings (SSSR count). The van der Waals surface area contributed by atoms with Gasteiger partial charge in [0, 0.05) is 30.8 Å². The lowest BCUT2D eigenvalue weighted by atomic mass is 10.1. The van der Waals surface area contributed by atoms with Gasteiger partial charge in [-0.25, -0.2) is 9.78 Å². The van der Waals surface area contributed by atoms with Crippen LogP contribution in [0.25, 0.3) is 22.2 Å². The number of carbonyl (C=O) groups excluding carboxylic acids is 1. The van der Waals surface area contributed by atoms with Gasteiger partial charge < -0.3 is 14.2 Å². The van der Waals surface area contributed by atoms with E-state index >= 15 is 0 Å². The van der Waals surface area contributed by atoms with Crippen molar-refractivity contribution in [2.45, 2.75) is 13.3 Å². The van der Waals surface area contributed by atoms with Crippen molar-refractivity contribution < 1.29 is 13.6 Å². The van der Waals surface area contributed by atoms with Crippen molar-refractivity contribution in [1.82, 2.24) is 10.3 Å². The van der Waals surface area contributed by atoms with Crippen molar-refractivity contribution in [3.63, 3.8) is 0 Å². The molecule has 0 bridgehead atoms. The number of rotatable bonds is 5. The summed E-state index contributed by atoms with van der Waals surface area (Å²) in [6, 6.07) is 18.3. The third-order valence-electron chi connectivity index (χ3n) is 4.38. The first-order valence-corrected chi connectivity index (χ1v) is 8.94. The SMILES string of the molecule is Cc1nc(-c2ccccc2)c(CCNC(=O)c2cc3ccccc3oc2=O)o1. The predicted molar refractivity (Wildman–Crippen MR) is 105 cm³/mol. The quantitative estimate of drug-likeness (QED) is 0.538. The monoisotopic (exact) mass is 374 g/mol. The molecule has 1 amide bonds. The van der Waals surface area contributed by atoms with Crippen molar-refractivity contribution in [2.24, 2.45) is 0 Å². The summed E-state index contributed by atoms with van der Waals surface area (Å²) >= 11 is 0. The molecular weight excluding hydrogens is 356 g/mol. The van der Waals surface area contributed by atoms with Crippen molar-refractivity contribution in [2.75, 3.05) is 6.54 Å². The van der Waals surface area contributed by atoms with Gasteiger partial charge in [0.25, 0.3) is 5.91 Å². The molecule has 1 N–H and O–H groups in total. The van der Waals surface area contributed by atoms with Crippen LogP contribution in [0.3, 0.4) is 0 Å². The van der Waals surface area contributed by atoms with E-state index in [-0.39, 0.29) is 5.56 Å². The van der Waals surface area contributed by atoms with Gasteiger partial charge in [0.05, 0.1) is 0 Å². The minimum atomic E-state index is -0.656. The lowest BCUT2D eigenvalue weighted by molar-refractivity contribution is 0.0950. The van der Waals surface area contributed by atoms with Gasteiger partial charge in [-0.1, -0.05) is 48.5 Å². The number of hydrogen-bond acceptors (Lipinski definition) is 5. The van der Waals surface area contributed by atoms with Crippen LogP contribution < -0.4 is 10.9 Å². The van der Waals surface area contributed by atoms with Crippen LogP contribution in [0, 0.1) is 6.92 Å². The Labute approximate surface area is 160 Å². The van der Waals surface area contributed by atoms with Crippen LogP contribution in [0.1, 0.15) is 22.0 Å². The Bertz CT molecular complexity index is 1190. The molecule has 0 radical (unpaired) electrons. The zero-order chi connectivity index (χ0) is 19.5. The van der Waals surface area contributed by atoms with Gasteiger partial charge in [-0.15, -0.1) is 0 Å². The minimum absolute atomic E-state index is 0.0178. The summed E-state index contributed by atoms with van der Waals surface area (Å²) in [7, 11) is 0. The number of nitrogens with one attached hydrogen (secondary N) is 1. The van der Waals surface area contributed by atoms with E-state index in [0.717, 1.165) is 11.3 Å². The lowest BCUT2D eigenvalue weighted by Crippen LogP contribution is -2.29. The smallest absolute Gasteiger partial charge is 0.349 e. The second-order valence-electron chi connectivity index (χ2n) is 6.36. The summed E-state index contributed by atoms with van der Waals surface area (Å²) in [6.07, 6.45) is 0.454. The highest BCUT2D eigenvalue weighted by Gasteiger charge is 2.16. The number of amides is 1. The highest BCUT2D eigenvalue weighted by atomic mass is 16.4. The van der Waals surface area contributed by atoms with E-state index in [1.54, 1.807) is 31.2 Å². The summed E-state index contributed by atoms with van der Waals surface area (Å²) in [5.74, 6) is 0.780. The van der Waals surface area contributed by atoms with E-state index in [4.69, 9.17) is 8.83 Å². The Hall–Kier alpha value is -3.67. The van der Waals surface area contributed by atoms with Gasteiger partial charge in [0.2, 0.25) is 0 Å². The Kier molecular flexibility index (Phi) is 4.76. The molecule has 6 nitrogen and oxygen atoms in total. The topological polar surface area (TPSA) is 85.3 Å². The van der Waals surface area contributed by atoms with E-state index in [2.05, 4.69) is 10.3 Å². The fourth-order valence-corrected chi connectivity index (χ4v) is 3.07.